The van der Waals surface area contributed by atoms with Crippen LogP contribution in [0.2, 0.25) is 0 Å². The highest BCUT2D eigenvalue weighted by atomic mass is 32.1. The monoisotopic (exact) mass is 493 g/mol. The van der Waals surface area contributed by atoms with E-state index in [1.807, 2.05) is 79.0 Å². The SMILES string of the molecule is CCOC(=O)C1=C(C)N=c2s/c(=C/c3c[nH]c4ccccc34)c(=O)n2C1c1cccc2ccccc12. The van der Waals surface area contributed by atoms with Crippen molar-refractivity contribution >= 4 is 45.1 Å². The minimum absolute atomic E-state index is 0.184. The Morgan fingerprint density at radius 3 is 2.67 bits per heavy atom. The Morgan fingerprint density at radius 2 is 1.83 bits per heavy atom. The molecule has 7 heteroatoms. The van der Waals surface area contributed by atoms with Gasteiger partial charge in [-0.1, -0.05) is 72.0 Å². The van der Waals surface area contributed by atoms with Crippen molar-refractivity contribution in [2.45, 2.75) is 19.9 Å². The highest BCUT2D eigenvalue weighted by Gasteiger charge is 2.34. The number of rotatable bonds is 4. The Morgan fingerprint density at radius 1 is 1.08 bits per heavy atom. The van der Waals surface area contributed by atoms with Crippen LogP contribution < -0.4 is 14.9 Å². The Hall–Kier alpha value is -4.23. The summed E-state index contributed by atoms with van der Waals surface area (Å²) in [6, 6.07) is 21.3. The topological polar surface area (TPSA) is 76.4 Å². The number of carbonyl (C=O) groups is 1. The van der Waals surface area contributed by atoms with Crippen molar-refractivity contribution in [2.75, 3.05) is 6.61 Å². The van der Waals surface area contributed by atoms with Gasteiger partial charge < -0.3 is 9.72 Å². The Balaban J connectivity index is 1.63. The average Bonchev–Trinajstić information content (AvgIpc) is 3.43. The first kappa shape index (κ1) is 22.2. The molecule has 1 N–H and O–H groups in total. The van der Waals surface area contributed by atoms with Crippen LogP contribution in [0.3, 0.4) is 0 Å². The summed E-state index contributed by atoms with van der Waals surface area (Å²) in [5.74, 6) is -0.456. The Kier molecular flexibility index (Phi) is 5.42. The van der Waals surface area contributed by atoms with E-state index in [9.17, 15) is 9.59 Å². The van der Waals surface area contributed by atoms with Crippen molar-refractivity contribution in [3.8, 4) is 0 Å². The summed E-state index contributed by atoms with van der Waals surface area (Å²) in [4.78, 5) is 35.6. The minimum atomic E-state index is -0.642. The van der Waals surface area contributed by atoms with Gasteiger partial charge in [-0.2, -0.15) is 0 Å². The van der Waals surface area contributed by atoms with Gasteiger partial charge in [0.25, 0.3) is 5.56 Å². The third-order valence-corrected chi connectivity index (χ3v) is 7.53. The molecule has 3 heterocycles. The number of aromatic amines is 1. The summed E-state index contributed by atoms with van der Waals surface area (Å²) in [6.07, 6.45) is 3.80. The van der Waals surface area contributed by atoms with E-state index in [0.717, 1.165) is 32.8 Å². The third kappa shape index (κ3) is 3.51. The van der Waals surface area contributed by atoms with E-state index >= 15 is 0 Å². The molecule has 2 aromatic heterocycles. The predicted molar refractivity (Wildman–Crippen MR) is 143 cm³/mol. The summed E-state index contributed by atoms with van der Waals surface area (Å²) in [6.45, 7) is 3.82. The van der Waals surface area contributed by atoms with Crippen LogP contribution in [0, 0.1) is 0 Å². The molecule has 1 unspecified atom stereocenters. The number of hydrogen-bond donors (Lipinski definition) is 1. The molecule has 0 aliphatic carbocycles. The number of nitrogens with zero attached hydrogens (tertiary/aromatic N) is 2. The number of fused-ring (bicyclic) bond motifs is 3. The van der Waals surface area contributed by atoms with Crippen molar-refractivity contribution < 1.29 is 9.53 Å². The molecule has 1 aliphatic heterocycles. The van der Waals surface area contributed by atoms with Gasteiger partial charge in [0.1, 0.15) is 0 Å². The molecule has 3 aromatic carbocycles. The predicted octanol–water partition coefficient (Wildman–Crippen LogP) is 4.43. The van der Waals surface area contributed by atoms with Crippen LogP contribution in [0.4, 0.5) is 0 Å². The van der Waals surface area contributed by atoms with E-state index in [1.54, 1.807) is 18.4 Å². The van der Waals surface area contributed by atoms with E-state index in [1.165, 1.54) is 11.3 Å². The molecular weight excluding hydrogens is 470 g/mol. The number of allylic oxidation sites excluding steroid dienone is 1. The molecule has 5 aromatic rings. The van der Waals surface area contributed by atoms with Gasteiger partial charge in [0.15, 0.2) is 4.80 Å². The molecule has 178 valence electrons. The second-order valence-electron chi connectivity index (χ2n) is 8.66. The van der Waals surface area contributed by atoms with Gasteiger partial charge >= 0.3 is 5.97 Å². The van der Waals surface area contributed by atoms with Crippen molar-refractivity contribution in [1.29, 1.82) is 0 Å². The molecule has 0 saturated carbocycles. The maximum Gasteiger partial charge on any atom is 0.338 e. The zero-order chi connectivity index (χ0) is 24.8. The molecule has 0 saturated heterocycles. The molecule has 1 atom stereocenters. The number of H-pyrrole nitrogens is 1. The van der Waals surface area contributed by atoms with E-state index in [2.05, 4.69) is 4.98 Å². The van der Waals surface area contributed by atoms with Crippen LogP contribution in [0.15, 0.2) is 94.0 Å². The molecule has 1 aliphatic rings. The summed E-state index contributed by atoms with van der Waals surface area (Å²) >= 11 is 1.33. The van der Waals surface area contributed by atoms with Gasteiger partial charge in [-0.25, -0.2) is 9.79 Å². The second-order valence-corrected chi connectivity index (χ2v) is 9.67. The average molecular weight is 494 g/mol. The first-order valence-corrected chi connectivity index (χ1v) is 12.6. The summed E-state index contributed by atoms with van der Waals surface area (Å²) in [5, 5.41) is 3.05. The second kappa shape index (κ2) is 8.77. The van der Waals surface area contributed by atoms with Gasteiger partial charge in [0.05, 0.1) is 28.5 Å². The fourth-order valence-corrected chi connectivity index (χ4v) is 5.97. The van der Waals surface area contributed by atoms with Gasteiger partial charge in [-0.3, -0.25) is 9.36 Å². The minimum Gasteiger partial charge on any atom is -0.463 e. The van der Waals surface area contributed by atoms with E-state index in [-0.39, 0.29) is 12.2 Å². The Labute approximate surface area is 210 Å². The molecular formula is C29H23N3O3S. The van der Waals surface area contributed by atoms with Gasteiger partial charge in [0.2, 0.25) is 0 Å². The van der Waals surface area contributed by atoms with Crippen LogP contribution in [-0.2, 0) is 9.53 Å². The third-order valence-electron chi connectivity index (χ3n) is 6.54. The highest BCUT2D eigenvalue weighted by molar-refractivity contribution is 7.07. The van der Waals surface area contributed by atoms with Crippen LogP contribution >= 0.6 is 11.3 Å². The number of benzene rings is 3. The lowest BCUT2D eigenvalue weighted by atomic mass is 9.91. The number of carbonyl (C=O) groups excluding carboxylic acids is 1. The smallest absolute Gasteiger partial charge is 0.338 e. The van der Waals surface area contributed by atoms with Crippen molar-refractivity contribution in [1.82, 2.24) is 9.55 Å². The van der Waals surface area contributed by atoms with Gasteiger partial charge in [0, 0.05) is 22.7 Å². The molecule has 6 nitrogen and oxygen atoms in total. The zero-order valence-electron chi connectivity index (χ0n) is 19.8. The van der Waals surface area contributed by atoms with Crippen molar-refractivity contribution in [3.63, 3.8) is 0 Å². The maximum atomic E-state index is 13.9. The van der Waals surface area contributed by atoms with Gasteiger partial charge in [-0.05, 0) is 42.3 Å². The molecule has 0 amide bonds. The summed E-state index contributed by atoms with van der Waals surface area (Å²) in [5.41, 5.74) is 3.57. The number of aromatic nitrogens is 2. The standard InChI is InChI=1S/C29H23N3O3S/c1-3-35-28(34)25-17(2)31-29-32(26(25)22-13-8-10-18-9-4-5-11-20(18)22)27(33)24(36-29)15-19-16-30-23-14-7-6-12-21(19)23/h4-16,26,30H,3H2,1-2H3/b24-15+. The van der Waals surface area contributed by atoms with E-state index in [0.29, 0.717) is 20.6 Å². The van der Waals surface area contributed by atoms with Crippen LogP contribution in [0.5, 0.6) is 0 Å². The number of thiazole rings is 1. The number of nitrogens with one attached hydrogen (secondary N) is 1. The molecule has 0 bridgehead atoms. The van der Waals surface area contributed by atoms with Crippen molar-refractivity contribution in [3.05, 3.63) is 115 Å². The number of para-hydroxylation sites is 1. The summed E-state index contributed by atoms with van der Waals surface area (Å²) < 4.78 is 7.63. The largest absolute Gasteiger partial charge is 0.463 e. The summed E-state index contributed by atoms with van der Waals surface area (Å²) in [7, 11) is 0. The van der Waals surface area contributed by atoms with Crippen LogP contribution in [0.25, 0.3) is 27.8 Å². The molecule has 0 spiro atoms. The first-order chi connectivity index (χ1) is 17.6. The number of esters is 1. The first-order valence-electron chi connectivity index (χ1n) is 11.8. The number of ether oxygens (including phenoxy) is 1. The highest BCUT2D eigenvalue weighted by Crippen LogP contribution is 2.34. The van der Waals surface area contributed by atoms with E-state index < -0.39 is 12.0 Å². The normalized spacial score (nSPS) is 15.8. The maximum absolute atomic E-state index is 13.9. The fraction of sp³-hybridized carbons (Fsp3) is 0.138. The van der Waals surface area contributed by atoms with Crippen molar-refractivity contribution in [2.24, 2.45) is 4.99 Å². The van der Waals surface area contributed by atoms with Gasteiger partial charge in [-0.15, -0.1) is 0 Å². The number of hydrogen-bond acceptors (Lipinski definition) is 5. The quantitative estimate of drug-likeness (QED) is 0.376. The molecule has 36 heavy (non-hydrogen) atoms. The van der Waals surface area contributed by atoms with Crippen LogP contribution in [-0.4, -0.2) is 22.1 Å². The lowest BCUT2D eigenvalue weighted by molar-refractivity contribution is -0.139. The molecule has 0 fully saturated rings. The molecule has 0 radical (unpaired) electrons. The zero-order valence-corrected chi connectivity index (χ0v) is 20.6. The van der Waals surface area contributed by atoms with E-state index in [4.69, 9.17) is 9.73 Å². The lowest BCUT2D eigenvalue weighted by Crippen LogP contribution is -2.40. The Bertz CT molecular complexity index is 1870. The molecule has 6 rings (SSSR count). The van der Waals surface area contributed by atoms with Crippen LogP contribution in [0.1, 0.15) is 31.0 Å². The lowest BCUT2D eigenvalue weighted by Gasteiger charge is -2.25. The fourth-order valence-electron chi connectivity index (χ4n) is 4.93.